The number of hydrogen-bond donors (Lipinski definition) is 0. The van der Waals surface area contributed by atoms with Gasteiger partial charge in [-0.1, -0.05) is 47.6 Å². The van der Waals surface area contributed by atoms with E-state index in [4.69, 9.17) is 9.26 Å². The average Bonchev–Trinajstić information content (AvgIpc) is 3.24. The third kappa shape index (κ3) is 3.43. The average molecular weight is 363 g/mol. The number of hydrogen-bond acceptors (Lipinski definition) is 5. The molecule has 1 atom stereocenters. The maximum absolute atomic E-state index is 13.2. The molecule has 2 heterocycles. The Morgan fingerprint density at radius 2 is 1.89 bits per heavy atom. The standard InChI is InChI=1S/C21H21N3O3/c1-26-18-13-6-5-11-16(18)21(25)24-14-8-7-12-17(24)20-22-19(23-27-20)15-9-3-2-4-10-15/h2-6,9-11,13,17H,7-8,12,14H2,1H3. The Balaban J connectivity index is 1.63. The van der Waals surface area contributed by atoms with Gasteiger partial charge in [0.15, 0.2) is 0 Å². The van der Waals surface area contributed by atoms with E-state index < -0.39 is 0 Å². The summed E-state index contributed by atoms with van der Waals surface area (Å²) in [5.41, 5.74) is 1.45. The quantitative estimate of drug-likeness (QED) is 0.698. The molecule has 6 nitrogen and oxygen atoms in total. The topological polar surface area (TPSA) is 68.5 Å². The highest BCUT2D eigenvalue weighted by Crippen LogP contribution is 2.33. The lowest BCUT2D eigenvalue weighted by Gasteiger charge is -2.33. The SMILES string of the molecule is COc1ccccc1C(=O)N1CCCCC1c1nc(-c2ccccc2)no1. The molecule has 0 bridgehead atoms. The summed E-state index contributed by atoms with van der Waals surface area (Å²) in [5, 5.41) is 4.11. The van der Waals surface area contributed by atoms with Gasteiger partial charge in [0.2, 0.25) is 11.7 Å². The Hall–Kier alpha value is -3.15. The number of para-hydroxylation sites is 1. The van der Waals surface area contributed by atoms with Crippen molar-refractivity contribution in [1.29, 1.82) is 0 Å². The summed E-state index contributed by atoms with van der Waals surface area (Å²) in [5.74, 6) is 1.52. The van der Waals surface area contributed by atoms with Crippen LogP contribution in [0.3, 0.4) is 0 Å². The summed E-state index contributed by atoms with van der Waals surface area (Å²) in [6.45, 7) is 0.657. The molecule has 6 heteroatoms. The zero-order chi connectivity index (χ0) is 18.6. The van der Waals surface area contributed by atoms with E-state index in [9.17, 15) is 4.79 Å². The predicted octanol–water partition coefficient (Wildman–Crippen LogP) is 4.11. The fourth-order valence-corrected chi connectivity index (χ4v) is 3.48. The first kappa shape index (κ1) is 17.3. The van der Waals surface area contributed by atoms with Crippen LogP contribution in [-0.4, -0.2) is 34.6 Å². The monoisotopic (exact) mass is 363 g/mol. The number of methoxy groups -OCH3 is 1. The Morgan fingerprint density at radius 1 is 1.11 bits per heavy atom. The van der Waals surface area contributed by atoms with Crippen molar-refractivity contribution in [3.05, 3.63) is 66.1 Å². The minimum absolute atomic E-state index is 0.0726. The van der Waals surface area contributed by atoms with Crippen LogP contribution in [-0.2, 0) is 0 Å². The van der Waals surface area contributed by atoms with Crippen molar-refractivity contribution in [2.75, 3.05) is 13.7 Å². The van der Waals surface area contributed by atoms with Gasteiger partial charge in [0.25, 0.3) is 5.91 Å². The maximum Gasteiger partial charge on any atom is 0.258 e. The van der Waals surface area contributed by atoms with Gasteiger partial charge in [0.1, 0.15) is 11.8 Å². The highest BCUT2D eigenvalue weighted by Gasteiger charge is 2.33. The fourth-order valence-electron chi connectivity index (χ4n) is 3.48. The zero-order valence-corrected chi connectivity index (χ0v) is 15.2. The Morgan fingerprint density at radius 3 is 2.70 bits per heavy atom. The number of nitrogens with zero attached hydrogens (tertiary/aromatic N) is 3. The van der Waals surface area contributed by atoms with Crippen LogP contribution in [0.25, 0.3) is 11.4 Å². The lowest BCUT2D eigenvalue weighted by atomic mass is 10.0. The number of rotatable bonds is 4. The predicted molar refractivity (Wildman–Crippen MR) is 100 cm³/mol. The molecule has 0 N–H and O–H groups in total. The number of likely N-dealkylation sites (tertiary alicyclic amines) is 1. The number of amides is 1. The second-order valence-corrected chi connectivity index (χ2v) is 6.53. The van der Waals surface area contributed by atoms with E-state index in [0.29, 0.717) is 29.6 Å². The largest absolute Gasteiger partial charge is 0.496 e. The lowest BCUT2D eigenvalue weighted by molar-refractivity contribution is 0.0558. The molecule has 0 aliphatic carbocycles. The summed E-state index contributed by atoms with van der Waals surface area (Å²) in [4.78, 5) is 19.6. The first-order valence-corrected chi connectivity index (χ1v) is 9.11. The zero-order valence-electron chi connectivity index (χ0n) is 15.2. The van der Waals surface area contributed by atoms with Crippen LogP contribution in [0.1, 0.15) is 41.6 Å². The van der Waals surface area contributed by atoms with E-state index >= 15 is 0 Å². The Labute approximate surface area is 157 Å². The van der Waals surface area contributed by atoms with Crippen LogP contribution >= 0.6 is 0 Å². The van der Waals surface area contributed by atoms with Gasteiger partial charge in [-0.15, -0.1) is 0 Å². The van der Waals surface area contributed by atoms with Gasteiger partial charge in [0, 0.05) is 12.1 Å². The van der Waals surface area contributed by atoms with E-state index in [-0.39, 0.29) is 11.9 Å². The van der Waals surface area contributed by atoms with Crippen molar-refractivity contribution in [1.82, 2.24) is 15.0 Å². The molecule has 3 aromatic rings. The van der Waals surface area contributed by atoms with E-state index in [1.165, 1.54) is 0 Å². The first-order chi connectivity index (χ1) is 13.3. The van der Waals surface area contributed by atoms with E-state index in [1.807, 2.05) is 47.4 Å². The molecule has 2 aromatic carbocycles. The minimum atomic E-state index is -0.221. The van der Waals surface area contributed by atoms with Crippen molar-refractivity contribution in [3.8, 4) is 17.1 Å². The fraction of sp³-hybridized carbons (Fsp3) is 0.286. The number of carbonyl (C=O) groups is 1. The molecule has 27 heavy (non-hydrogen) atoms. The van der Waals surface area contributed by atoms with Crippen molar-refractivity contribution < 1.29 is 14.1 Å². The number of aromatic nitrogens is 2. The molecule has 1 saturated heterocycles. The second-order valence-electron chi connectivity index (χ2n) is 6.53. The molecule has 0 saturated carbocycles. The van der Waals surface area contributed by atoms with Gasteiger partial charge >= 0.3 is 0 Å². The van der Waals surface area contributed by atoms with Gasteiger partial charge in [-0.25, -0.2) is 0 Å². The van der Waals surface area contributed by atoms with Gasteiger partial charge < -0.3 is 14.2 Å². The number of carbonyl (C=O) groups excluding carboxylic acids is 1. The van der Waals surface area contributed by atoms with Crippen LogP contribution in [0.2, 0.25) is 0 Å². The molecule has 138 valence electrons. The molecule has 1 unspecified atom stereocenters. The Bertz CT molecular complexity index is 923. The third-order valence-electron chi connectivity index (χ3n) is 4.86. The smallest absolute Gasteiger partial charge is 0.258 e. The molecular weight excluding hydrogens is 342 g/mol. The third-order valence-corrected chi connectivity index (χ3v) is 4.86. The van der Waals surface area contributed by atoms with Crippen molar-refractivity contribution in [2.45, 2.75) is 25.3 Å². The Kier molecular flexibility index (Phi) is 4.87. The van der Waals surface area contributed by atoms with Crippen molar-refractivity contribution >= 4 is 5.91 Å². The maximum atomic E-state index is 13.2. The van der Waals surface area contributed by atoms with Crippen LogP contribution in [0.15, 0.2) is 59.1 Å². The summed E-state index contributed by atoms with van der Waals surface area (Å²) in [6, 6.07) is 16.7. The summed E-state index contributed by atoms with van der Waals surface area (Å²) >= 11 is 0. The number of benzene rings is 2. The number of ether oxygens (including phenoxy) is 1. The first-order valence-electron chi connectivity index (χ1n) is 9.11. The highest BCUT2D eigenvalue weighted by molar-refractivity contribution is 5.97. The summed E-state index contributed by atoms with van der Waals surface area (Å²) < 4.78 is 10.9. The van der Waals surface area contributed by atoms with E-state index in [0.717, 1.165) is 24.8 Å². The molecule has 1 aliphatic rings. The lowest BCUT2D eigenvalue weighted by Crippen LogP contribution is -2.38. The molecule has 1 aliphatic heterocycles. The van der Waals surface area contributed by atoms with Crippen molar-refractivity contribution in [3.63, 3.8) is 0 Å². The summed E-state index contributed by atoms with van der Waals surface area (Å²) in [7, 11) is 1.57. The van der Waals surface area contributed by atoms with Gasteiger partial charge in [-0.05, 0) is 31.4 Å². The van der Waals surface area contributed by atoms with Gasteiger partial charge in [-0.3, -0.25) is 4.79 Å². The van der Waals surface area contributed by atoms with Crippen LogP contribution in [0, 0.1) is 0 Å². The molecule has 1 fully saturated rings. The molecule has 0 spiro atoms. The molecule has 4 rings (SSSR count). The molecular formula is C21H21N3O3. The van der Waals surface area contributed by atoms with Crippen LogP contribution in [0.5, 0.6) is 5.75 Å². The van der Waals surface area contributed by atoms with Gasteiger partial charge in [-0.2, -0.15) is 4.98 Å². The normalized spacial score (nSPS) is 16.9. The molecule has 1 amide bonds. The van der Waals surface area contributed by atoms with Crippen LogP contribution < -0.4 is 4.74 Å². The summed E-state index contributed by atoms with van der Waals surface area (Å²) in [6.07, 6.45) is 2.78. The number of piperidine rings is 1. The van der Waals surface area contributed by atoms with Crippen molar-refractivity contribution in [2.24, 2.45) is 0 Å². The van der Waals surface area contributed by atoms with Gasteiger partial charge in [0.05, 0.1) is 12.7 Å². The van der Waals surface area contributed by atoms with Crippen LogP contribution in [0.4, 0.5) is 0 Å². The highest BCUT2D eigenvalue weighted by atomic mass is 16.5. The minimum Gasteiger partial charge on any atom is -0.496 e. The molecule has 0 radical (unpaired) electrons. The van der Waals surface area contributed by atoms with E-state index in [1.54, 1.807) is 19.2 Å². The second kappa shape index (κ2) is 7.61. The van der Waals surface area contributed by atoms with E-state index in [2.05, 4.69) is 10.1 Å². The molecule has 1 aromatic heterocycles.